The van der Waals surface area contributed by atoms with Crippen LogP contribution in [0.25, 0.3) is 10.2 Å². The Kier molecular flexibility index (Phi) is 1.82. The van der Waals surface area contributed by atoms with Crippen LogP contribution in [-0.2, 0) is 0 Å². The molecule has 0 amide bonds. The second-order valence-electron chi connectivity index (χ2n) is 2.22. The van der Waals surface area contributed by atoms with Crippen molar-refractivity contribution in [2.24, 2.45) is 0 Å². The van der Waals surface area contributed by atoms with Gasteiger partial charge in [0.05, 0.1) is 0 Å². The quantitative estimate of drug-likeness (QED) is 0.703. The molecule has 2 aromatic rings. The average molecular weight is 196 g/mol. The van der Waals surface area contributed by atoms with Crippen molar-refractivity contribution in [2.75, 3.05) is 0 Å². The van der Waals surface area contributed by atoms with Crippen molar-refractivity contribution in [3.05, 3.63) is 18.6 Å². The molecule has 66 valence electrons. The van der Waals surface area contributed by atoms with E-state index in [9.17, 15) is 4.79 Å². The van der Waals surface area contributed by atoms with E-state index in [-0.39, 0.29) is 0 Å². The fraction of sp³-hybridized carbons (Fsp3) is 0. The zero-order valence-electron chi connectivity index (χ0n) is 6.30. The minimum atomic E-state index is -1.32. The van der Waals surface area contributed by atoms with Crippen LogP contribution >= 0.6 is 11.3 Å². The normalized spacial score (nSPS) is 10.2. The second-order valence-corrected chi connectivity index (χ2v) is 3.21. The van der Waals surface area contributed by atoms with E-state index in [1.54, 1.807) is 12.3 Å². The number of ether oxygens (including phenoxy) is 1. The van der Waals surface area contributed by atoms with Crippen LogP contribution in [-0.4, -0.2) is 21.2 Å². The minimum Gasteiger partial charge on any atom is -0.449 e. The molecule has 2 rings (SSSR count). The predicted octanol–water partition coefficient (Wildman–Crippen LogP) is 1.75. The van der Waals surface area contributed by atoms with Gasteiger partial charge in [-0.2, -0.15) is 0 Å². The Morgan fingerprint density at radius 1 is 1.62 bits per heavy atom. The summed E-state index contributed by atoms with van der Waals surface area (Å²) in [7, 11) is 0. The fourth-order valence-corrected chi connectivity index (χ4v) is 1.72. The van der Waals surface area contributed by atoms with Crippen molar-refractivity contribution in [2.45, 2.75) is 0 Å². The Morgan fingerprint density at radius 2 is 2.46 bits per heavy atom. The van der Waals surface area contributed by atoms with Gasteiger partial charge in [0, 0.05) is 17.6 Å². The maximum atomic E-state index is 10.2. The predicted molar refractivity (Wildman–Crippen MR) is 46.1 cm³/mol. The standard InChI is InChI=1S/C7H4N2O3S/c10-7(11)12-5-1-4-2-8-3-9-6(4)13-5/h1-3H,(H,10,11). The summed E-state index contributed by atoms with van der Waals surface area (Å²) in [5.41, 5.74) is 0. The number of nitrogens with zero attached hydrogens (tertiary/aromatic N) is 2. The molecule has 0 atom stereocenters. The summed E-state index contributed by atoms with van der Waals surface area (Å²) in [4.78, 5) is 18.6. The van der Waals surface area contributed by atoms with Crippen LogP contribution in [0, 0.1) is 0 Å². The Bertz CT molecular complexity index is 421. The van der Waals surface area contributed by atoms with Gasteiger partial charge in [-0.3, -0.25) is 0 Å². The molecule has 0 aromatic carbocycles. The molecule has 0 saturated carbocycles. The summed E-state index contributed by atoms with van der Waals surface area (Å²) in [5, 5.41) is 9.43. The van der Waals surface area contributed by atoms with Gasteiger partial charge in [-0.15, -0.1) is 0 Å². The average Bonchev–Trinajstić information content (AvgIpc) is 2.44. The molecule has 0 saturated heterocycles. The topological polar surface area (TPSA) is 72.3 Å². The molecule has 0 unspecified atom stereocenters. The number of hydrogen-bond acceptors (Lipinski definition) is 5. The van der Waals surface area contributed by atoms with Crippen LogP contribution in [0.15, 0.2) is 18.6 Å². The molecule has 0 aliphatic carbocycles. The molecular formula is C7H4N2O3S. The van der Waals surface area contributed by atoms with Crippen LogP contribution in [0.5, 0.6) is 5.06 Å². The Hall–Kier alpha value is -1.69. The molecule has 0 aliphatic heterocycles. The lowest BCUT2D eigenvalue weighted by molar-refractivity contribution is 0.146. The van der Waals surface area contributed by atoms with Gasteiger partial charge in [0.15, 0.2) is 5.06 Å². The number of hydrogen-bond donors (Lipinski definition) is 1. The zero-order chi connectivity index (χ0) is 9.26. The first-order valence-electron chi connectivity index (χ1n) is 3.36. The number of fused-ring (bicyclic) bond motifs is 1. The lowest BCUT2D eigenvalue weighted by Crippen LogP contribution is -2.00. The molecule has 2 aromatic heterocycles. The summed E-state index contributed by atoms with van der Waals surface area (Å²) in [6.45, 7) is 0. The monoisotopic (exact) mass is 196 g/mol. The van der Waals surface area contributed by atoms with E-state index >= 15 is 0 Å². The van der Waals surface area contributed by atoms with Crippen LogP contribution in [0.3, 0.4) is 0 Å². The van der Waals surface area contributed by atoms with Crippen molar-refractivity contribution in [3.8, 4) is 5.06 Å². The Labute approximate surface area is 76.6 Å². The van der Waals surface area contributed by atoms with Gasteiger partial charge in [-0.05, 0) is 0 Å². The highest BCUT2D eigenvalue weighted by molar-refractivity contribution is 7.20. The third kappa shape index (κ3) is 1.57. The number of carbonyl (C=O) groups is 1. The summed E-state index contributed by atoms with van der Waals surface area (Å²) >= 11 is 1.17. The van der Waals surface area contributed by atoms with Crippen LogP contribution in [0.4, 0.5) is 4.79 Å². The highest BCUT2D eigenvalue weighted by atomic mass is 32.1. The van der Waals surface area contributed by atoms with Gasteiger partial charge in [-0.25, -0.2) is 14.8 Å². The van der Waals surface area contributed by atoms with Gasteiger partial charge in [0.25, 0.3) is 0 Å². The first kappa shape index (κ1) is 7.93. The second kappa shape index (κ2) is 2.98. The highest BCUT2D eigenvalue weighted by Crippen LogP contribution is 2.29. The first-order chi connectivity index (χ1) is 6.25. The largest absolute Gasteiger partial charge is 0.512 e. The van der Waals surface area contributed by atoms with Crippen molar-refractivity contribution in [3.63, 3.8) is 0 Å². The van der Waals surface area contributed by atoms with Crippen LogP contribution < -0.4 is 4.74 Å². The molecule has 0 spiro atoms. The third-order valence-electron chi connectivity index (χ3n) is 1.36. The van der Waals surface area contributed by atoms with Gasteiger partial charge in [0.2, 0.25) is 0 Å². The van der Waals surface area contributed by atoms with Crippen LogP contribution in [0.2, 0.25) is 0 Å². The van der Waals surface area contributed by atoms with E-state index in [1.807, 2.05) is 0 Å². The van der Waals surface area contributed by atoms with Gasteiger partial charge in [0.1, 0.15) is 11.2 Å². The fourth-order valence-electron chi connectivity index (χ4n) is 0.902. The summed E-state index contributed by atoms with van der Waals surface area (Å²) in [6, 6.07) is 1.59. The van der Waals surface area contributed by atoms with Crippen molar-refractivity contribution < 1.29 is 14.6 Å². The number of rotatable bonds is 1. The molecule has 2 heterocycles. The molecule has 13 heavy (non-hydrogen) atoms. The SMILES string of the molecule is O=C(O)Oc1cc2cncnc2s1. The molecular weight excluding hydrogens is 192 g/mol. The third-order valence-corrected chi connectivity index (χ3v) is 2.30. The van der Waals surface area contributed by atoms with E-state index in [0.717, 1.165) is 5.39 Å². The van der Waals surface area contributed by atoms with E-state index in [2.05, 4.69) is 14.7 Å². The highest BCUT2D eigenvalue weighted by Gasteiger charge is 2.06. The molecule has 0 fully saturated rings. The van der Waals surface area contributed by atoms with Gasteiger partial charge < -0.3 is 9.84 Å². The van der Waals surface area contributed by atoms with E-state index < -0.39 is 6.16 Å². The maximum Gasteiger partial charge on any atom is 0.512 e. The van der Waals surface area contributed by atoms with E-state index in [0.29, 0.717) is 9.89 Å². The lowest BCUT2D eigenvalue weighted by Gasteiger charge is -1.89. The zero-order valence-corrected chi connectivity index (χ0v) is 7.11. The Balaban J connectivity index is 2.44. The molecule has 5 nitrogen and oxygen atoms in total. The van der Waals surface area contributed by atoms with Crippen LogP contribution in [0.1, 0.15) is 0 Å². The summed E-state index contributed by atoms with van der Waals surface area (Å²) in [5.74, 6) is 0. The Morgan fingerprint density at radius 3 is 3.15 bits per heavy atom. The van der Waals surface area contributed by atoms with Crippen molar-refractivity contribution in [1.29, 1.82) is 0 Å². The van der Waals surface area contributed by atoms with Crippen molar-refractivity contribution in [1.82, 2.24) is 9.97 Å². The first-order valence-corrected chi connectivity index (χ1v) is 4.17. The maximum absolute atomic E-state index is 10.2. The van der Waals surface area contributed by atoms with Gasteiger partial charge in [-0.1, -0.05) is 11.3 Å². The lowest BCUT2D eigenvalue weighted by atomic mass is 10.4. The summed E-state index contributed by atoms with van der Waals surface area (Å²) < 4.78 is 4.47. The van der Waals surface area contributed by atoms with E-state index in [1.165, 1.54) is 17.7 Å². The molecule has 0 aliphatic rings. The van der Waals surface area contributed by atoms with E-state index in [4.69, 9.17) is 5.11 Å². The number of carboxylic acid groups (broad SMARTS) is 1. The smallest absolute Gasteiger partial charge is 0.449 e. The molecule has 0 bridgehead atoms. The number of thiophene rings is 1. The molecule has 1 N–H and O–H groups in total. The molecule has 0 radical (unpaired) electrons. The van der Waals surface area contributed by atoms with Crippen molar-refractivity contribution >= 4 is 27.7 Å². The summed E-state index contributed by atoms with van der Waals surface area (Å²) in [6.07, 6.45) is 1.69. The van der Waals surface area contributed by atoms with Gasteiger partial charge >= 0.3 is 6.16 Å². The minimum absolute atomic E-state index is 0.308. The number of aromatic nitrogens is 2. The molecule has 6 heteroatoms.